The molecule has 1 aliphatic rings. The fourth-order valence-corrected chi connectivity index (χ4v) is 5.71. The second-order valence-electron chi connectivity index (χ2n) is 11.1. The van der Waals surface area contributed by atoms with Gasteiger partial charge >= 0.3 is 5.97 Å². The zero-order valence-corrected chi connectivity index (χ0v) is 25.6. The minimum Gasteiger partial charge on any atom is -0.457 e. The van der Waals surface area contributed by atoms with E-state index in [-0.39, 0.29) is 19.0 Å². The van der Waals surface area contributed by atoms with Crippen LogP contribution in [0.25, 0.3) is 16.9 Å². The molecule has 4 aromatic carbocycles. The van der Waals surface area contributed by atoms with Gasteiger partial charge in [-0.25, -0.2) is 13.9 Å². The van der Waals surface area contributed by atoms with E-state index < -0.39 is 18.2 Å². The number of hydrogen-bond donors (Lipinski definition) is 2. The van der Waals surface area contributed by atoms with Gasteiger partial charge in [-0.05, 0) is 61.4 Å². The fourth-order valence-electron chi connectivity index (χ4n) is 5.71. The van der Waals surface area contributed by atoms with Crippen LogP contribution in [0.5, 0.6) is 0 Å². The first kappa shape index (κ1) is 30.7. The molecule has 232 valence electrons. The van der Waals surface area contributed by atoms with Gasteiger partial charge in [0.2, 0.25) is 0 Å². The number of aliphatic hydroxyl groups is 1. The fraction of sp³-hybridized carbons (Fsp3) is 0.158. The zero-order valence-electron chi connectivity index (χ0n) is 25.6. The maximum absolute atomic E-state index is 14.1. The van der Waals surface area contributed by atoms with Crippen molar-refractivity contribution >= 4 is 5.97 Å². The Labute approximate surface area is 267 Å². The summed E-state index contributed by atoms with van der Waals surface area (Å²) in [5, 5.41) is 19.9. The van der Waals surface area contributed by atoms with E-state index in [9.17, 15) is 14.3 Å². The van der Waals surface area contributed by atoms with Crippen molar-refractivity contribution in [1.29, 1.82) is 0 Å². The molecule has 0 saturated carbocycles. The molecule has 46 heavy (non-hydrogen) atoms. The zero-order chi connectivity index (χ0) is 32.0. The monoisotopic (exact) mass is 615 g/mol. The van der Waals surface area contributed by atoms with Crippen LogP contribution >= 0.6 is 0 Å². The quantitative estimate of drug-likeness (QED) is 0.128. The molecular weight excluding hydrogens is 581 g/mol. The van der Waals surface area contributed by atoms with Gasteiger partial charge in [-0.3, -0.25) is 0 Å². The second kappa shape index (κ2) is 13.8. The first-order valence-electron chi connectivity index (χ1n) is 15.0. The number of benzene rings is 4. The molecule has 2 atom stereocenters. The summed E-state index contributed by atoms with van der Waals surface area (Å²) in [4.78, 5) is 14.0. The third-order valence-corrected chi connectivity index (χ3v) is 7.95. The Morgan fingerprint density at radius 3 is 2.07 bits per heavy atom. The Hall–Kier alpha value is -5.31. The predicted octanol–water partition coefficient (Wildman–Crippen LogP) is 7.19. The molecular formula is C38H34FN3O4. The van der Waals surface area contributed by atoms with Crippen LogP contribution in [0.15, 0.2) is 144 Å². The predicted molar refractivity (Wildman–Crippen MR) is 174 cm³/mol. The molecule has 1 aromatic heterocycles. The largest absolute Gasteiger partial charge is 0.457 e. The lowest BCUT2D eigenvalue weighted by molar-refractivity contribution is -0.140. The van der Waals surface area contributed by atoms with Crippen LogP contribution in [-0.4, -0.2) is 27.1 Å². The van der Waals surface area contributed by atoms with Crippen molar-refractivity contribution in [2.45, 2.75) is 39.3 Å². The number of para-hydroxylation sites is 1. The molecule has 2 N–H and O–H groups in total. The molecule has 2 heterocycles. The number of halogens is 1. The van der Waals surface area contributed by atoms with Gasteiger partial charge in [0.15, 0.2) is 6.29 Å². The highest BCUT2D eigenvalue weighted by molar-refractivity contribution is 5.93. The summed E-state index contributed by atoms with van der Waals surface area (Å²) in [7, 11) is 0. The lowest BCUT2D eigenvalue weighted by Gasteiger charge is -2.33. The van der Waals surface area contributed by atoms with E-state index in [1.54, 1.807) is 16.8 Å². The van der Waals surface area contributed by atoms with E-state index >= 15 is 0 Å². The number of hydrogen-bond acceptors (Lipinski definition) is 6. The summed E-state index contributed by atoms with van der Waals surface area (Å²) in [5.41, 5.74) is 6.31. The standard InChI is InChI=1S/C38H34FN3O4/c1-25-33(37(43)45-23-27-12-6-3-7-13-27)35(34(26(2)40-25)38(44)46-24-28-14-8-4-9-15-28)32-22-42(31-16-10-5-11-17-31)41-36(32)29-18-20-30(39)21-19-29/h3-22,35,37,40,43H,23-24H2,1-2H3. The van der Waals surface area contributed by atoms with Crippen LogP contribution in [0.4, 0.5) is 4.39 Å². The molecule has 0 fully saturated rings. The Kier molecular flexibility index (Phi) is 9.19. The van der Waals surface area contributed by atoms with E-state index in [1.165, 1.54) is 12.1 Å². The first-order valence-corrected chi connectivity index (χ1v) is 15.0. The van der Waals surface area contributed by atoms with Crippen LogP contribution < -0.4 is 5.32 Å². The smallest absolute Gasteiger partial charge is 0.337 e. The van der Waals surface area contributed by atoms with E-state index in [2.05, 4.69) is 5.32 Å². The van der Waals surface area contributed by atoms with Crippen molar-refractivity contribution in [1.82, 2.24) is 15.1 Å². The SMILES string of the molecule is CC1=C(C(=O)OCc2ccccc2)C(c2cn(-c3ccccc3)nc2-c2ccc(F)cc2)C(C(O)OCc2ccccc2)=C(C)N1. The first-order chi connectivity index (χ1) is 22.4. The molecule has 0 radical (unpaired) electrons. The molecule has 7 nitrogen and oxygen atoms in total. The van der Waals surface area contributed by atoms with Crippen LogP contribution in [0.1, 0.15) is 36.5 Å². The van der Waals surface area contributed by atoms with Crippen LogP contribution in [0, 0.1) is 5.82 Å². The van der Waals surface area contributed by atoms with E-state index in [0.29, 0.717) is 39.4 Å². The minimum absolute atomic E-state index is 0.0718. The molecule has 0 bridgehead atoms. The average molecular weight is 616 g/mol. The number of carbonyl (C=O) groups is 1. The van der Waals surface area contributed by atoms with Gasteiger partial charge in [-0.1, -0.05) is 78.9 Å². The highest BCUT2D eigenvalue weighted by Gasteiger charge is 2.40. The Morgan fingerprint density at radius 1 is 0.848 bits per heavy atom. The topological polar surface area (TPSA) is 85.6 Å². The van der Waals surface area contributed by atoms with Crippen molar-refractivity contribution in [3.05, 3.63) is 167 Å². The number of dihydropyridines is 1. The number of ether oxygens (including phenoxy) is 2. The maximum atomic E-state index is 14.1. The van der Waals surface area contributed by atoms with Gasteiger partial charge in [-0.15, -0.1) is 0 Å². The molecule has 6 rings (SSSR count). The molecule has 0 saturated heterocycles. The number of allylic oxidation sites excluding steroid dienone is 2. The molecule has 1 aliphatic heterocycles. The highest BCUT2D eigenvalue weighted by Crippen LogP contribution is 2.44. The van der Waals surface area contributed by atoms with Gasteiger partial charge in [-0.2, -0.15) is 5.10 Å². The number of aliphatic hydroxyl groups excluding tert-OH is 1. The minimum atomic E-state index is -1.39. The Morgan fingerprint density at radius 2 is 1.43 bits per heavy atom. The number of esters is 1. The summed E-state index contributed by atoms with van der Waals surface area (Å²) in [6.07, 6.45) is 0.461. The van der Waals surface area contributed by atoms with Crippen LogP contribution in [-0.2, 0) is 27.5 Å². The number of carbonyl (C=O) groups excluding carboxylic acids is 1. The van der Waals surface area contributed by atoms with Gasteiger partial charge in [0, 0.05) is 40.2 Å². The summed E-state index contributed by atoms with van der Waals surface area (Å²) >= 11 is 0. The number of rotatable bonds is 10. The summed E-state index contributed by atoms with van der Waals surface area (Å²) in [6, 6.07) is 34.6. The summed E-state index contributed by atoms with van der Waals surface area (Å²) in [5.74, 6) is -1.74. The van der Waals surface area contributed by atoms with Crippen molar-refractivity contribution in [3.8, 4) is 16.9 Å². The number of nitrogens with one attached hydrogen (secondary N) is 1. The Balaban J connectivity index is 1.47. The number of aromatic nitrogens is 2. The van der Waals surface area contributed by atoms with Crippen molar-refractivity contribution in [3.63, 3.8) is 0 Å². The maximum Gasteiger partial charge on any atom is 0.337 e. The van der Waals surface area contributed by atoms with Gasteiger partial charge < -0.3 is 19.9 Å². The average Bonchev–Trinajstić information content (AvgIpc) is 3.53. The summed E-state index contributed by atoms with van der Waals surface area (Å²) in [6.45, 7) is 3.87. The van der Waals surface area contributed by atoms with Crippen LogP contribution in [0.2, 0.25) is 0 Å². The van der Waals surface area contributed by atoms with Crippen LogP contribution in [0.3, 0.4) is 0 Å². The molecule has 0 spiro atoms. The molecule has 2 unspecified atom stereocenters. The van der Waals surface area contributed by atoms with Gasteiger partial charge in [0.1, 0.15) is 12.4 Å². The van der Waals surface area contributed by atoms with Crippen molar-refractivity contribution in [2.24, 2.45) is 0 Å². The molecule has 0 amide bonds. The molecule has 5 aromatic rings. The lowest BCUT2D eigenvalue weighted by Crippen LogP contribution is -2.34. The highest BCUT2D eigenvalue weighted by atomic mass is 19.1. The van der Waals surface area contributed by atoms with Gasteiger partial charge in [0.25, 0.3) is 0 Å². The molecule has 8 heteroatoms. The second-order valence-corrected chi connectivity index (χ2v) is 11.1. The molecule has 0 aliphatic carbocycles. The van der Waals surface area contributed by atoms with E-state index in [1.807, 2.05) is 111 Å². The van der Waals surface area contributed by atoms with E-state index in [0.717, 1.165) is 16.8 Å². The Bertz CT molecular complexity index is 1870. The van der Waals surface area contributed by atoms with Gasteiger partial charge in [0.05, 0.1) is 23.6 Å². The van der Waals surface area contributed by atoms with E-state index in [4.69, 9.17) is 14.6 Å². The lowest BCUT2D eigenvalue weighted by atomic mass is 9.79. The normalized spacial score (nSPS) is 15.4. The number of nitrogens with zero attached hydrogens (tertiary/aromatic N) is 2. The third-order valence-electron chi connectivity index (χ3n) is 7.95. The van der Waals surface area contributed by atoms with Crippen molar-refractivity contribution < 1.29 is 23.8 Å². The van der Waals surface area contributed by atoms with Crippen molar-refractivity contribution in [2.75, 3.05) is 0 Å². The third kappa shape index (κ3) is 6.68. The summed E-state index contributed by atoms with van der Waals surface area (Å²) < 4.78 is 27.7.